The van der Waals surface area contributed by atoms with Crippen LogP contribution >= 0.6 is 0 Å². The quantitative estimate of drug-likeness (QED) is 0.496. The molecule has 0 aromatic rings. The Kier molecular flexibility index (Phi) is 1.79. The maximum atomic E-state index is 10.4. The van der Waals surface area contributed by atoms with Crippen molar-refractivity contribution in [2.45, 2.75) is 6.04 Å². The van der Waals surface area contributed by atoms with Gasteiger partial charge < -0.3 is 9.64 Å². The number of hydrogen-bond donors (Lipinski definition) is 1. The highest BCUT2D eigenvalue weighted by molar-refractivity contribution is 5.47. The third kappa shape index (κ3) is 1.23. The van der Waals surface area contributed by atoms with Gasteiger partial charge in [-0.1, -0.05) is 0 Å². The summed E-state index contributed by atoms with van der Waals surface area (Å²) in [7, 11) is 0. The molecule has 2 fully saturated rings. The van der Waals surface area contributed by atoms with E-state index < -0.39 is 0 Å². The molecule has 2 heterocycles. The zero-order chi connectivity index (χ0) is 7.68. The van der Waals surface area contributed by atoms with Crippen LogP contribution in [0.15, 0.2) is 0 Å². The normalized spacial score (nSPS) is 36.9. The number of ether oxygens (including phenoxy) is 1. The van der Waals surface area contributed by atoms with Gasteiger partial charge in [0.05, 0.1) is 19.9 Å². The number of carbonyl (C=O) groups is 1. The van der Waals surface area contributed by atoms with Gasteiger partial charge in [0.1, 0.15) is 0 Å². The SMILES string of the molecule is O=CN1CNC2COCC2C1. The minimum atomic E-state index is 0.478. The monoisotopic (exact) mass is 156 g/mol. The molecule has 2 atom stereocenters. The topological polar surface area (TPSA) is 41.6 Å². The molecule has 4 nitrogen and oxygen atoms in total. The molecule has 2 aliphatic heterocycles. The molecule has 1 amide bonds. The number of hydrogen-bond acceptors (Lipinski definition) is 3. The smallest absolute Gasteiger partial charge is 0.210 e. The molecule has 2 aliphatic rings. The molecule has 2 unspecified atom stereocenters. The maximum absolute atomic E-state index is 10.4. The van der Waals surface area contributed by atoms with Gasteiger partial charge in [0.15, 0.2) is 0 Å². The van der Waals surface area contributed by atoms with Gasteiger partial charge in [0.25, 0.3) is 0 Å². The number of amides is 1. The van der Waals surface area contributed by atoms with Crippen LogP contribution in [0.1, 0.15) is 0 Å². The summed E-state index contributed by atoms with van der Waals surface area (Å²) in [5, 5.41) is 3.25. The van der Waals surface area contributed by atoms with Crippen molar-refractivity contribution < 1.29 is 9.53 Å². The van der Waals surface area contributed by atoms with Gasteiger partial charge in [0, 0.05) is 18.5 Å². The van der Waals surface area contributed by atoms with Crippen LogP contribution in [0.3, 0.4) is 0 Å². The molecule has 11 heavy (non-hydrogen) atoms. The van der Waals surface area contributed by atoms with E-state index in [0.717, 1.165) is 26.2 Å². The fraction of sp³-hybridized carbons (Fsp3) is 0.857. The lowest BCUT2D eigenvalue weighted by Crippen LogP contribution is -2.52. The lowest BCUT2D eigenvalue weighted by Gasteiger charge is -2.32. The molecule has 0 aromatic heterocycles. The second-order valence-electron chi connectivity index (χ2n) is 3.14. The van der Waals surface area contributed by atoms with Crippen LogP contribution in [0.4, 0.5) is 0 Å². The average molecular weight is 156 g/mol. The Morgan fingerprint density at radius 3 is 3.27 bits per heavy atom. The molecule has 0 spiro atoms. The minimum absolute atomic E-state index is 0.478. The predicted octanol–water partition coefficient (Wildman–Crippen LogP) is -0.979. The molecule has 2 rings (SSSR count). The molecule has 0 aromatic carbocycles. The molecule has 4 heteroatoms. The van der Waals surface area contributed by atoms with Gasteiger partial charge in [-0.15, -0.1) is 0 Å². The van der Waals surface area contributed by atoms with Gasteiger partial charge in [-0.05, 0) is 0 Å². The van der Waals surface area contributed by atoms with Gasteiger partial charge in [0.2, 0.25) is 6.41 Å². The van der Waals surface area contributed by atoms with Gasteiger partial charge >= 0.3 is 0 Å². The van der Waals surface area contributed by atoms with E-state index in [0.29, 0.717) is 18.6 Å². The van der Waals surface area contributed by atoms with Crippen LogP contribution < -0.4 is 5.32 Å². The van der Waals surface area contributed by atoms with Crippen molar-refractivity contribution in [2.24, 2.45) is 5.92 Å². The van der Waals surface area contributed by atoms with Crippen molar-refractivity contribution >= 4 is 6.41 Å². The highest BCUT2D eigenvalue weighted by atomic mass is 16.5. The summed E-state index contributed by atoms with van der Waals surface area (Å²) in [4.78, 5) is 12.1. The Bertz CT molecular complexity index is 163. The van der Waals surface area contributed by atoms with Crippen molar-refractivity contribution in [2.75, 3.05) is 26.4 Å². The van der Waals surface area contributed by atoms with E-state index in [2.05, 4.69) is 5.32 Å². The Morgan fingerprint density at radius 1 is 1.55 bits per heavy atom. The van der Waals surface area contributed by atoms with E-state index in [1.807, 2.05) is 0 Å². The lowest BCUT2D eigenvalue weighted by atomic mass is 10.0. The highest BCUT2D eigenvalue weighted by Gasteiger charge is 2.32. The zero-order valence-corrected chi connectivity index (χ0v) is 6.32. The molecular formula is C7H12N2O2. The number of carbonyl (C=O) groups excluding carboxylic acids is 1. The Balaban J connectivity index is 1.96. The largest absolute Gasteiger partial charge is 0.379 e. The third-order valence-corrected chi connectivity index (χ3v) is 2.37. The maximum Gasteiger partial charge on any atom is 0.210 e. The molecule has 0 radical (unpaired) electrons. The average Bonchev–Trinajstić information content (AvgIpc) is 2.50. The fourth-order valence-electron chi connectivity index (χ4n) is 1.68. The van der Waals surface area contributed by atoms with Crippen molar-refractivity contribution in [3.8, 4) is 0 Å². The van der Waals surface area contributed by atoms with Crippen LogP contribution in [-0.2, 0) is 9.53 Å². The van der Waals surface area contributed by atoms with E-state index in [9.17, 15) is 4.79 Å². The zero-order valence-electron chi connectivity index (χ0n) is 6.32. The van der Waals surface area contributed by atoms with E-state index in [4.69, 9.17) is 4.74 Å². The number of nitrogens with zero attached hydrogens (tertiary/aromatic N) is 1. The number of fused-ring (bicyclic) bond motifs is 1. The summed E-state index contributed by atoms with van der Waals surface area (Å²) in [6, 6.07) is 0.478. The molecule has 0 aliphatic carbocycles. The van der Waals surface area contributed by atoms with Gasteiger partial charge in [-0.3, -0.25) is 10.1 Å². The third-order valence-electron chi connectivity index (χ3n) is 2.37. The summed E-state index contributed by atoms with van der Waals surface area (Å²) < 4.78 is 5.28. The number of nitrogens with one attached hydrogen (secondary N) is 1. The van der Waals surface area contributed by atoms with Crippen LogP contribution in [0, 0.1) is 5.92 Å². The standard InChI is InChI=1S/C7H12N2O2/c10-5-9-1-6-2-11-3-7(6)8-4-9/h5-8H,1-4H2. The first-order chi connectivity index (χ1) is 5.40. The van der Waals surface area contributed by atoms with E-state index in [-0.39, 0.29) is 0 Å². The summed E-state index contributed by atoms with van der Waals surface area (Å²) in [6.45, 7) is 3.12. The van der Waals surface area contributed by atoms with E-state index in [1.165, 1.54) is 0 Å². The van der Waals surface area contributed by atoms with Crippen LogP contribution in [0.5, 0.6) is 0 Å². The van der Waals surface area contributed by atoms with Crippen molar-refractivity contribution in [3.63, 3.8) is 0 Å². The predicted molar refractivity (Wildman–Crippen MR) is 38.9 cm³/mol. The molecule has 62 valence electrons. The Morgan fingerprint density at radius 2 is 2.45 bits per heavy atom. The van der Waals surface area contributed by atoms with Crippen molar-refractivity contribution in [1.82, 2.24) is 10.2 Å². The first-order valence-corrected chi connectivity index (χ1v) is 3.90. The first-order valence-electron chi connectivity index (χ1n) is 3.90. The minimum Gasteiger partial charge on any atom is -0.379 e. The summed E-state index contributed by atoms with van der Waals surface area (Å²) in [5.41, 5.74) is 0. The molecule has 0 bridgehead atoms. The second kappa shape index (κ2) is 2.79. The number of rotatable bonds is 1. The van der Waals surface area contributed by atoms with Gasteiger partial charge in [-0.2, -0.15) is 0 Å². The Hall–Kier alpha value is -0.610. The molecule has 2 saturated heterocycles. The second-order valence-corrected chi connectivity index (χ2v) is 3.14. The van der Waals surface area contributed by atoms with E-state index >= 15 is 0 Å². The lowest BCUT2D eigenvalue weighted by molar-refractivity contribution is -0.120. The van der Waals surface area contributed by atoms with Gasteiger partial charge in [-0.25, -0.2) is 0 Å². The van der Waals surface area contributed by atoms with Crippen LogP contribution in [0.25, 0.3) is 0 Å². The van der Waals surface area contributed by atoms with E-state index in [1.54, 1.807) is 4.90 Å². The molecule has 1 N–H and O–H groups in total. The summed E-state index contributed by atoms with van der Waals surface area (Å²) >= 11 is 0. The van der Waals surface area contributed by atoms with Crippen molar-refractivity contribution in [1.29, 1.82) is 0 Å². The van der Waals surface area contributed by atoms with Crippen LogP contribution in [0.2, 0.25) is 0 Å². The Labute approximate surface area is 65.5 Å². The first kappa shape index (κ1) is 7.06. The highest BCUT2D eigenvalue weighted by Crippen LogP contribution is 2.17. The molecular weight excluding hydrogens is 144 g/mol. The fourth-order valence-corrected chi connectivity index (χ4v) is 1.68. The summed E-state index contributed by atoms with van der Waals surface area (Å²) in [6.07, 6.45) is 0.890. The van der Waals surface area contributed by atoms with Crippen LogP contribution in [-0.4, -0.2) is 43.8 Å². The summed E-state index contributed by atoms with van der Waals surface area (Å²) in [5.74, 6) is 0.508. The van der Waals surface area contributed by atoms with Crippen molar-refractivity contribution in [3.05, 3.63) is 0 Å². The molecule has 0 saturated carbocycles.